The van der Waals surface area contributed by atoms with E-state index >= 15 is 0 Å². The Balaban J connectivity index is 2.60. The van der Waals surface area contributed by atoms with Crippen LogP contribution < -0.4 is 10.6 Å². The number of anilines is 1. The van der Waals surface area contributed by atoms with Gasteiger partial charge in [0.2, 0.25) is 0 Å². The van der Waals surface area contributed by atoms with Gasteiger partial charge in [0.1, 0.15) is 0 Å². The van der Waals surface area contributed by atoms with Crippen LogP contribution in [-0.2, 0) is 0 Å². The summed E-state index contributed by atoms with van der Waals surface area (Å²) in [6, 6.07) is 4.48. The second-order valence-corrected chi connectivity index (χ2v) is 6.73. The maximum Gasteiger partial charge on any atom is 0.337 e. The minimum atomic E-state index is -1.06. The van der Waals surface area contributed by atoms with Crippen LogP contribution in [0.3, 0.4) is 0 Å². The van der Waals surface area contributed by atoms with E-state index in [2.05, 4.69) is 17.6 Å². The molecule has 110 valence electrons. The highest BCUT2D eigenvalue weighted by atomic mass is 127. The number of aromatic carboxylic acids is 1. The molecule has 0 heterocycles. The quantitative estimate of drug-likeness (QED) is 0.632. The highest BCUT2D eigenvalue weighted by molar-refractivity contribution is 14.1. The van der Waals surface area contributed by atoms with Gasteiger partial charge in [-0.15, -0.1) is 0 Å². The summed E-state index contributed by atoms with van der Waals surface area (Å²) in [5, 5.41) is 14.9. The predicted molar refractivity (Wildman–Crippen MR) is 90.7 cm³/mol. The maximum absolute atomic E-state index is 11.7. The number of carbonyl (C=O) groups is 2. The molecule has 0 fully saturated rings. The van der Waals surface area contributed by atoms with Gasteiger partial charge < -0.3 is 15.7 Å². The van der Waals surface area contributed by atoms with E-state index in [1.165, 1.54) is 6.07 Å². The lowest BCUT2D eigenvalue weighted by molar-refractivity contribution is 0.0698. The first-order chi connectivity index (χ1) is 9.43. The van der Waals surface area contributed by atoms with Crippen molar-refractivity contribution in [3.8, 4) is 0 Å². The number of thioether (sulfide) groups is 1. The first-order valence-corrected chi connectivity index (χ1v) is 8.41. The van der Waals surface area contributed by atoms with E-state index in [1.807, 2.05) is 28.8 Å². The van der Waals surface area contributed by atoms with Crippen molar-refractivity contribution >= 4 is 52.0 Å². The molecule has 1 aromatic rings. The van der Waals surface area contributed by atoms with E-state index < -0.39 is 5.97 Å². The molecule has 0 aromatic heterocycles. The molecule has 0 aliphatic rings. The summed E-state index contributed by atoms with van der Waals surface area (Å²) in [6.07, 6.45) is 2.89. The average molecular weight is 408 g/mol. The first kappa shape index (κ1) is 17.1. The molecule has 20 heavy (non-hydrogen) atoms. The summed E-state index contributed by atoms with van der Waals surface area (Å²) < 4.78 is 0.805. The first-order valence-electron chi connectivity index (χ1n) is 6.04. The summed E-state index contributed by atoms with van der Waals surface area (Å²) in [4.78, 5) is 22.8. The Morgan fingerprint density at radius 3 is 2.75 bits per heavy atom. The zero-order valence-electron chi connectivity index (χ0n) is 11.3. The van der Waals surface area contributed by atoms with Crippen molar-refractivity contribution in [3.63, 3.8) is 0 Å². The van der Waals surface area contributed by atoms with E-state index in [1.54, 1.807) is 23.9 Å². The Hall–Kier alpha value is -0.960. The van der Waals surface area contributed by atoms with Crippen molar-refractivity contribution < 1.29 is 14.7 Å². The Labute approximate surface area is 136 Å². The Bertz CT molecular complexity index is 497. The predicted octanol–water partition coefficient (Wildman–Crippen LogP) is 3.25. The second kappa shape index (κ2) is 8.35. The Kier molecular flexibility index (Phi) is 7.14. The van der Waals surface area contributed by atoms with E-state index in [0.717, 1.165) is 9.99 Å². The SMILES string of the molecule is CSC(C)CCNC(=O)Nc1ccc(I)cc1C(=O)O. The van der Waals surface area contributed by atoms with Gasteiger partial charge in [0.15, 0.2) is 0 Å². The van der Waals surface area contributed by atoms with E-state index in [9.17, 15) is 9.59 Å². The molecule has 0 aliphatic heterocycles. The van der Waals surface area contributed by atoms with Gasteiger partial charge in [0.25, 0.3) is 0 Å². The third kappa shape index (κ3) is 5.58. The fourth-order valence-electron chi connectivity index (χ4n) is 1.48. The third-order valence-corrected chi connectivity index (χ3v) is 4.41. The lowest BCUT2D eigenvalue weighted by atomic mass is 10.2. The van der Waals surface area contributed by atoms with Crippen LogP contribution in [0.25, 0.3) is 0 Å². The number of amides is 2. The van der Waals surface area contributed by atoms with Gasteiger partial charge in [0, 0.05) is 15.4 Å². The van der Waals surface area contributed by atoms with Crippen molar-refractivity contribution in [2.45, 2.75) is 18.6 Å². The topological polar surface area (TPSA) is 78.4 Å². The molecule has 1 aromatic carbocycles. The van der Waals surface area contributed by atoms with Crippen LogP contribution in [0.5, 0.6) is 0 Å². The fourth-order valence-corrected chi connectivity index (χ4v) is 2.32. The van der Waals surface area contributed by atoms with Gasteiger partial charge in [-0.1, -0.05) is 6.92 Å². The number of benzene rings is 1. The molecule has 0 aliphatic carbocycles. The standard InChI is InChI=1S/C13H17IN2O3S/c1-8(20-2)5-6-15-13(19)16-11-4-3-9(14)7-10(11)12(17)18/h3-4,7-8H,5-6H2,1-2H3,(H,17,18)(H2,15,16,19). The van der Waals surface area contributed by atoms with Gasteiger partial charge in [-0.3, -0.25) is 0 Å². The lowest BCUT2D eigenvalue weighted by Crippen LogP contribution is -2.31. The number of carboxylic acids is 1. The van der Waals surface area contributed by atoms with Gasteiger partial charge in [-0.2, -0.15) is 11.8 Å². The molecule has 3 N–H and O–H groups in total. The van der Waals surface area contributed by atoms with Gasteiger partial charge in [0.05, 0.1) is 11.3 Å². The molecule has 0 spiro atoms. The van der Waals surface area contributed by atoms with Crippen LogP contribution in [0.4, 0.5) is 10.5 Å². The Morgan fingerprint density at radius 1 is 1.45 bits per heavy atom. The molecule has 2 amide bonds. The molecule has 1 rings (SSSR count). The zero-order chi connectivity index (χ0) is 15.1. The normalized spacial score (nSPS) is 11.8. The molecule has 5 nitrogen and oxygen atoms in total. The second-order valence-electron chi connectivity index (χ2n) is 4.21. The minimum absolute atomic E-state index is 0.0875. The smallest absolute Gasteiger partial charge is 0.337 e. The minimum Gasteiger partial charge on any atom is -0.478 e. The average Bonchev–Trinajstić information content (AvgIpc) is 2.40. The molecular formula is C13H17IN2O3S. The number of rotatable bonds is 6. The molecule has 1 atom stereocenters. The van der Waals surface area contributed by atoms with Gasteiger partial charge in [-0.05, 0) is 53.5 Å². The van der Waals surface area contributed by atoms with E-state index in [4.69, 9.17) is 5.11 Å². The number of halogens is 1. The van der Waals surface area contributed by atoms with Crippen LogP contribution in [-0.4, -0.2) is 35.2 Å². The van der Waals surface area contributed by atoms with Crippen LogP contribution in [0.2, 0.25) is 0 Å². The molecule has 1 unspecified atom stereocenters. The van der Waals surface area contributed by atoms with Crippen LogP contribution in [0.15, 0.2) is 18.2 Å². The summed E-state index contributed by atoms with van der Waals surface area (Å²) in [6.45, 7) is 2.65. The molecule has 0 saturated heterocycles. The number of hydrogen-bond acceptors (Lipinski definition) is 3. The van der Waals surface area contributed by atoms with Crippen molar-refractivity contribution in [2.75, 3.05) is 18.1 Å². The third-order valence-electron chi connectivity index (χ3n) is 2.70. The van der Waals surface area contributed by atoms with E-state index in [-0.39, 0.29) is 11.6 Å². The maximum atomic E-state index is 11.7. The summed E-state index contributed by atoms with van der Waals surface area (Å²) >= 11 is 3.77. The van der Waals surface area contributed by atoms with Crippen LogP contribution in [0, 0.1) is 3.57 Å². The highest BCUT2D eigenvalue weighted by Crippen LogP contribution is 2.18. The summed E-state index contributed by atoms with van der Waals surface area (Å²) in [5.74, 6) is -1.06. The molecule has 7 heteroatoms. The summed E-state index contributed by atoms with van der Waals surface area (Å²) in [7, 11) is 0. The molecule has 0 radical (unpaired) electrons. The van der Waals surface area contributed by atoms with E-state index in [0.29, 0.717) is 17.5 Å². The lowest BCUT2D eigenvalue weighted by Gasteiger charge is -2.12. The molecule has 0 saturated carbocycles. The van der Waals surface area contributed by atoms with Gasteiger partial charge in [-0.25, -0.2) is 9.59 Å². The van der Waals surface area contributed by atoms with Crippen molar-refractivity contribution in [2.24, 2.45) is 0 Å². The number of hydrogen-bond donors (Lipinski definition) is 3. The monoisotopic (exact) mass is 408 g/mol. The number of carbonyl (C=O) groups excluding carboxylic acids is 1. The Morgan fingerprint density at radius 2 is 2.15 bits per heavy atom. The van der Waals surface area contributed by atoms with Crippen molar-refractivity contribution in [1.82, 2.24) is 5.32 Å². The number of carboxylic acid groups (broad SMARTS) is 1. The zero-order valence-corrected chi connectivity index (χ0v) is 14.2. The molecular weight excluding hydrogens is 391 g/mol. The number of urea groups is 1. The fraction of sp³-hybridized carbons (Fsp3) is 0.385. The number of nitrogens with one attached hydrogen (secondary N) is 2. The van der Waals surface area contributed by atoms with Crippen molar-refractivity contribution in [3.05, 3.63) is 27.3 Å². The van der Waals surface area contributed by atoms with Crippen LogP contribution >= 0.6 is 34.4 Å². The van der Waals surface area contributed by atoms with Gasteiger partial charge >= 0.3 is 12.0 Å². The largest absolute Gasteiger partial charge is 0.478 e. The van der Waals surface area contributed by atoms with Crippen molar-refractivity contribution in [1.29, 1.82) is 0 Å². The summed E-state index contributed by atoms with van der Waals surface area (Å²) in [5.41, 5.74) is 0.387. The molecule has 0 bridgehead atoms. The highest BCUT2D eigenvalue weighted by Gasteiger charge is 2.12. The van der Waals surface area contributed by atoms with Crippen LogP contribution in [0.1, 0.15) is 23.7 Å².